The largest absolute Gasteiger partial charge is 0.489 e. The molecule has 98 valence electrons. The molecule has 0 amide bonds. The molecular formula is C14H16BrClO2. The van der Waals surface area contributed by atoms with Gasteiger partial charge in [-0.05, 0) is 40.0 Å². The molecule has 18 heavy (non-hydrogen) atoms. The predicted octanol–water partition coefficient (Wildman–Crippen LogP) is 4.64. The van der Waals surface area contributed by atoms with Crippen molar-refractivity contribution >= 4 is 33.6 Å². The Morgan fingerprint density at radius 2 is 2.17 bits per heavy atom. The Morgan fingerprint density at radius 1 is 1.39 bits per heavy atom. The van der Waals surface area contributed by atoms with Crippen LogP contribution < -0.4 is 9.47 Å². The van der Waals surface area contributed by atoms with Gasteiger partial charge in [-0.2, -0.15) is 0 Å². The predicted molar refractivity (Wildman–Crippen MR) is 78.7 cm³/mol. The molecule has 0 fully saturated rings. The standard InChI is InChI=1S/C14H16BrClO2/c1-2-10(9-16)6-11-7-12(15)14-13(8-11)17-4-3-5-18-14/h6-8H,2-5,9H2,1H3. The molecule has 0 N–H and O–H groups in total. The van der Waals surface area contributed by atoms with Crippen LogP contribution in [0.15, 0.2) is 22.2 Å². The lowest BCUT2D eigenvalue weighted by Gasteiger charge is -2.10. The Bertz CT molecular complexity index is 451. The molecule has 1 heterocycles. The van der Waals surface area contributed by atoms with Crippen molar-refractivity contribution in [2.45, 2.75) is 19.8 Å². The van der Waals surface area contributed by atoms with E-state index < -0.39 is 0 Å². The highest BCUT2D eigenvalue weighted by Gasteiger charge is 2.14. The zero-order valence-corrected chi connectivity index (χ0v) is 12.7. The van der Waals surface area contributed by atoms with Gasteiger partial charge < -0.3 is 9.47 Å². The van der Waals surface area contributed by atoms with Crippen LogP contribution in [0, 0.1) is 0 Å². The maximum atomic E-state index is 5.89. The lowest BCUT2D eigenvalue weighted by molar-refractivity contribution is 0.296. The van der Waals surface area contributed by atoms with Crippen molar-refractivity contribution < 1.29 is 9.47 Å². The first-order chi connectivity index (χ1) is 8.74. The summed E-state index contributed by atoms with van der Waals surface area (Å²) in [7, 11) is 0. The van der Waals surface area contributed by atoms with E-state index in [1.54, 1.807) is 0 Å². The lowest BCUT2D eigenvalue weighted by atomic mass is 10.1. The van der Waals surface area contributed by atoms with Crippen molar-refractivity contribution in [2.75, 3.05) is 19.1 Å². The van der Waals surface area contributed by atoms with Crippen LogP contribution in [0.2, 0.25) is 0 Å². The third-order valence-corrected chi connectivity index (χ3v) is 3.75. The van der Waals surface area contributed by atoms with Crippen LogP contribution in [0.5, 0.6) is 11.5 Å². The van der Waals surface area contributed by atoms with Gasteiger partial charge in [0.15, 0.2) is 11.5 Å². The smallest absolute Gasteiger partial charge is 0.175 e. The Balaban J connectivity index is 2.37. The second-order valence-electron chi connectivity index (χ2n) is 4.17. The summed E-state index contributed by atoms with van der Waals surface area (Å²) in [5, 5.41) is 0. The highest BCUT2D eigenvalue weighted by molar-refractivity contribution is 9.10. The number of hydrogen-bond donors (Lipinski definition) is 0. The van der Waals surface area contributed by atoms with E-state index in [1.165, 1.54) is 5.57 Å². The molecule has 1 aromatic rings. The summed E-state index contributed by atoms with van der Waals surface area (Å²) in [6.07, 6.45) is 3.97. The fraction of sp³-hybridized carbons (Fsp3) is 0.429. The van der Waals surface area contributed by atoms with Crippen LogP contribution in [-0.2, 0) is 0 Å². The highest BCUT2D eigenvalue weighted by atomic mass is 79.9. The number of allylic oxidation sites excluding steroid dienone is 1. The van der Waals surface area contributed by atoms with E-state index in [4.69, 9.17) is 21.1 Å². The minimum atomic E-state index is 0.558. The van der Waals surface area contributed by atoms with Gasteiger partial charge in [0, 0.05) is 12.3 Å². The van der Waals surface area contributed by atoms with Crippen LogP contribution in [0.4, 0.5) is 0 Å². The fourth-order valence-corrected chi connectivity index (χ4v) is 2.65. The van der Waals surface area contributed by atoms with E-state index in [2.05, 4.69) is 28.9 Å². The number of fused-ring (bicyclic) bond motifs is 1. The number of alkyl halides is 1. The minimum absolute atomic E-state index is 0.558. The first-order valence-corrected chi connectivity index (χ1v) is 7.42. The van der Waals surface area contributed by atoms with Crippen LogP contribution in [0.1, 0.15) is 25.3 Å². The molecule has 0 saturated carbocycles. The number of halogens is 2. The monoisotopic (exact) mass is 330 g/mol. The molecule has 0 atom stereocenters. The Hall–Kier alpha value is -0.670. The molecule has 0 saturated heterocycles. The summed E-state index contributed by atoms with van der Waals surface area (Å²) in [6.45, 7) is 3.50. The van der Waals surface area contributed by atoms with Gasteiger partial charge in [-0.1, -0.05) is 18.6 Å². The molecule has 0 bridgehead atoms. The topological polar surface area (TPSA) is 18.5 Å². The molecule has 2 rings (SSSR count). The zero-order valence-electron chi connectivity index (χ0n) is 10.3. The van der Waals surface area contributed by atoms with Crippen LogP contribution in [0.25, 0.3) is 6.08 Å². The van der Waals surface area contributed by atoms with E-state index >= 15 is 0 Å². The van der Waals surface area contributed by atoms with Crippen molar-refractivity contribution in [3.05, 3.63) is 27.7 Å². The summed E-state index contributed by atoms with van der Waals surface area (Å²) >= 11 is 9.43. The molecule has 0 unspecified atom stereocenters. The van der Waals surface area contributed by atoms with Crippen molar-refractivity contribution in [1.82, 2.24) is 0 Å². The molecule has 1 aromatic carbocycles. The molecule has 0 radical (unpaired) electrons. The summed E-state index contributed by atoms with van der Waals surface area (Å²) < 4.78 is 12.3. The third kappa shape index (κ3) is 3.21. The Kier molecular flexibility index (Phi) is 4.95. The summed E-state index contributed by atoms with van der Waals surface area (Å²) in [6, 6.07) is 4.04. The Morgan fingerprint density at radius 3 is 2.89 bits per heavy atom. The molecule has 2 nitrogen and oxygen atoms in total. The normalized spacial score (nSPS) is 15.4. The summed E-state index contributed by atoms with van der Waals surface area (Å²) in [4.78, 5) is 0. The zero-order chi connectivity index (χ0) is 13.0. The van der Waals surface area contributed by atoms with E-state index in [1.807, 2.05) is 12.1 Å². The molecule has 0 aromatic heterocycles. The molecule has 0 spiro atoms. The lowest BCUT2D eigenvalue weighted by Crippen LogP contribution is -1.97. The molecule has 1 aliphatic heterocycles. The van der Waals surface area contributed by atoms with Crippen molar-refractivity contribution in [3.63, 3.8) is 0 Å². The molecule has 0 aliphatic carbocycles. The van der Waals surface area contributed by atoms with E-state index in [-0.39, 0.29) is 0 Å². The van der Waals surface area contributed by atoms with Gasteiger partial charge in [0.1, 0.15) is 0 Å². The van der Waals surface area contributed by atoms with Crippen molar-refractivity contribution in [3.8, 4) is 11.5 Å². The van der Waals surface area contributed by atoms with E-state index in [0.717, 1.165) is 34.4 Å². The van der Waals surface area contributed by atoms with Gasteiger partial charge >= 0.3 is 0 Å². The number of rotatable bonds is 3. The SMILES string of the molecule is CCC(=Cc1cc(Br)c2c(c1)OCCCO2)CCl. The first-order valence-electron chi connectivity index (χ1n) is 6.09. The highest BCUT2D eigenvalue weighted by Crippen LogP contribution is 2.38. The Labute approximate surface area is 121 Å². The third-order valence-electron chi connectivity index (χ3n) is 2.82. The summed E-state index contributed by atoms with van der Waals surface area (Å²) in [5.74, 6) is 2.16. The second-order valence-corrected chi connectivity index (χ2v) is 5.29. The molecular weight excluding hydrogens is 316 g/mol. The van der Waals surface area contributed by atoms with Crippen molar-refractivity contribution in [2.24, 2.45) is 0 Å². The maximum absolute atomic E-state index is 5.89. The van der Waals surface area contributed by atoms with Crippen LogP contribution >= 0.6 is 27.5 Å². The number of ether oxygens (including phenoxy) is 2. The van der Waals surface area contributed by atoms with Gasteiger partial charge in [0.05, 0.1) is 17.7 Å². The maximum Gasteiger partial charge on any atom is 0.175 e. The van der Waals surface area contributed by atoms with Crippen LogP contribution in [-0.4, -0.2) is 19.1 Å². The van der Waals surface area contributed by atoms with E-state index in [0.29, 0.717) is 19.1 Å². The van der Waals surface area contributed by atoms with Crippen molar-refractivity contribution in [1.29, 1.82) is 0 Å². The van der Waals surface area contributed by atoms with Gasteiger partial charge in [0.2, 0.25) is 0 Å². The molecule has 4 heteroatoms. The number of hydrogen-bond acceptors (Lipinski definition) is 2. The average molecular weight is 332 g/mol. The van der Waals surface area contributed by atoms with E-state index in [9.17, 15) is 0 Å². The first kappa shape index (κ1) is 13.8. The van der Waals surface area contributed by atoms with Crippen LogP contribution in [0.3, 0.4) is 0 Å². The second kappa shape index (κ2) is 6.48. The van der Waals surface area contributed by atoms with Gasteiger partial charge in [0.25, 0.3) is 0 Å². The summed E-state index contributed by atoms with van der Waals surface area (Å²) in [5.41, 5.74) is 2.29. The fourth-order valence-electron chi connectivity index (χ4n) is 1.80. The minimum Gasteiger partial charge on any atom is -0.489 e. The average Bonchev–Trinajstić information content (AvgIpc) is 2.61. The molecule has 1 aliphatic rings. The van der Waals surface area contributed by atoms with Gasteiger partial charge in [-0.25, -0.2) is 0 Å². The number of benzene rings is 1. The van der Waals surface area contributed by atoms with Gasteiger partial charge in [-0.3, -0.25) is 0 Å². The quantitative estimate of drug-likeness (QED) is 0.751. The van der Waals surface area contributed by atoms with Gasteiger partial charge in [-0.15, -0.1) is 11.6 Å².